The predicted molar refractivity (Wildman–Crippen MR) is 143 cm³/mol. The summed E-state index contributed by atoms with van der Waals surface area (Å²) in [7, 11) is 1.62. The summed E-state index contributed by atoms with van der Waals surface area (Å²) < 4.78 is 18.2. The van der Waals surface area contributed by atoms with Crippen molar-refractivity contribution in [2.75, 3.05) is 46.4 Å². The molecule has 0 bridgehead atoms. The predicted octanol–water partition coefficient (Wildman–Crippen LogP) is -4.61. The van der Waals surface area contributed by atoms with Gasteiger partial charge in [-0.2, -0.15) is 0 Å². The van der Waals surface area contributed by atoms with Crippen LogP contribution >= 0.6 is 0 Å². The average Bonchev–Trinajstić information content (AvgIpc) is 2.89. The average molecular weight is 563 g/mol. The number of likely N-dealkylation sites (N-methyl/N-ethyl adjacent to an activating group) is 1. The first kappa shape index (κ1) is 32.5. The summed E-state index contributed by atoms with van der Waals surface area (Å²) in [5, 5.41) is 61.7. The van der Waals surface area contributed by atoms with Gasteiger partial charge in [-0.15, -0.1) is 0 Å². The van der Waals surface area contributed by atoms with E-state index in [9.17, 15) is 20.4 Å². The van der Waals surface area contributed by atoms with Crippen LogP contribution < -0.4 is 33.2 Å². The van der Waals surface area contributed by atoms with Gasteiger partial charge in [0.15, 0.2) is 6.29 Å². The summed E-state index contributed by atoms with van der Waals surface area (Å²) in [6.45, 7) is 2.84. The SMILES string of the molecule is CNC1C(O)C(OC2C(NCC(O)CN)CC(N)C(C3OC(CNCCCO)=CCC3N)C2O)OCC1(C)O. The van der Waals surface area contributed by atoms with Crippen LogP contribution in [0, 0.1) is 5.92 Å². The Kier molecular flexibility index (Phi) is 12.3. The van der Waals surface area contributed by atoms with Crippen molar-refractivity contribution in [2.24, 2.45) is 23.1 Å². The van der Waals surface area contributed by atoms with Crippen molar-refractivity contribution >= 4 is 0 Å². The molecule has 228 valence electrons. The number of aliphatic hydroxyl groups excluding tert-OH is 4. The van der Waals surface area contributed by atoms with Crippen molar-refractivity contribution in [3.8, 4) is 0 Å². The van der Waals surface area contributed by atoms with Crippen molar-refractivity contribution in [1.82, 2.24) is 16.0 Å². The van der Waals surface area contributed by atoms with Crippen molar-refractivity contribution in [3.05, 3.63) is 11.8 Å². The second-order valence-electron chi connectivity index (χ2n) is 11.2. The summed E-state index contributed by atoms with van der Waals surface area (Å²) in [5.41, 5.74) is 17.3. The Morgan fingerprint density at radius 3 is 2.64 bits per heavy atom. The molecule has 14 N–H and O–H groups in total. The number of ether oxygens (including phenoxy) is 3. The highest BCUT2D eigenvalue weighted by atomic mass is 16.7. The molecule has 2 aliphatic heterocycles. The molecular weight excluding hydrogens is 512 g/mol. The first-order valence-electron chi connectivity index (χ1n) is 13.9. The van der Waals surface area contributed by atoms with Crippen LogP contribution in [0.25, 0.3) is 0 Å². The molecule has 2 fully saturated rings. The van der Waals surface area contributed by atoms with Crippen LogP contribution in [0.3, 0.4) is 0 Å². The van der Waals surface area contributed by atoms with Gasteiger partial charge in [-0.1, -0.05) is 0 Å². The standard InChI is InChI=1S/C25H50N6O8/c1-25(36)12-37-24(20(35)23(25)29-2)39-22-17(31-10-13(33)9-26)8-16(28)18(19(22)34)21-15(27)5-4-14(38-21)11-30-6-3-7-32/h4,13,15-24,29-36H,3,5-12,26-28H2,1-2H3. The van der Waals surface area contributed by atoms with E-state index in [1.807, 2.05) is 6.08 Å². The van der Waals surface area contributed by atoms with Crippen LogP contribution in [0.2, 0.25) is 0 Å². The molecular formula is C25H50N6O8. The van der Waals surface area contributed by atoms with Crippen molar-refractivity contribution in [2.45, 2.75) is 92.8 Å². The lowest BCUT2D eigenvalue weighted by Crippen LogP contribution is -2.69. The van der Waals surface area contributed by atoms with E-state index in [-0.39, 0.29) is 26.3 Å². The summed E-state index contributed by atoms with van der Waals surface area (Å²) in [6.07, 6.45) is -2.42. The molecule has 12 unspecified atom stereocenters. The highest BCUT2D eigenvalue weighted by molar-refractivity contribution is 5.10. The van der Waals surface area contributed by atoms with Gasteiger partial charge >= 0.3 is 0 Å². The maximum Gasteiger partial charge on any atom is 0.185 e. The van der Waals surface area contributed by atoms with Gasteiger partial charge in [-0.05, 0) is 45.9 Å². The third-order valence-electron chi connectivity index (χ3n) is 7.99. The molecule has 3 aliphatic rings. The highest BCUT2D eigenvalue weighted by Gasteiger charge is 2.53. The maximum atomic E-state index is 11.7. The Morgan fingerprint density at radius 2 is 1.97 bits per heavy atom. The van der Waals surface area contributed by atoms with Gasteiger partial charge in [0.1, 0.15) is 29.7 Å². The van der Waals surface area contributed by atoms with Crippen molar-refractivity contribution in [1.29, 1.82) is 0 Å². The first-order valence-corrected chi connectivity index (χ1v) is 13.9. The number of nitrogens with one attached hydrogen (secondary N) is 3. The lowest BCUT2D eigenvalue weighted by Gasteiger charge is -2.50. The van der Waals surface area contributed by atoms with Crippen LogP contribution in [0.1, 0.15) is 26.2 Å². The quantitative estimate of drug-likeness (QED) is 0.0946. The molecule has 14 nitrogen and oxygen atoms in total. The summed E-state index contributed by atoms with van der Waals surface area (Å²) in [5.74, 6) is 0.0838. The molecule has 12 atom stereocenters. The molecule has 14 heteroatoms. The largest absolute Gasteiger partial charge is 0.492 e. The summed E-state index contributed by atoms with van der Waals surface area (Å²) in [6, 6.07) is -2.18. The minimum Gasteiger partial charge on any atom is -0.492 e. The molecule has 2 heterocycles. The fraction of sp³-hybridized carbons (Fsp3) is 0.920. The third kappa shape index (κ3) is 8.07. The highest BCUT2D eigenvalue weighted by Crippen LogP contribution is 2.36. The van der Waals surface area contributed by atoms with Crippen LogP contribution in [-0.4, -0.2) is 139 Å². The maximum absolute atomic E-state index is 11.7. The molecule has 0 radical (unpaired) electrons. The third-order valence-corrected chi connectivity index (χ3v) is 7.99. The van der Waals surface area contributed by atoms with Gasteiger partial charge in [0.05, 0.1) is 31.4 Å². The van der Waals surface area contributed by atoms with Gasteiger partial charge in [0, 0.05) is 43.7 Å². The number of hydrogen-bond donors (Lipinski definition) is 11. The Balaban J connectivity index is 1.79. The molecule has 0 aromatic rings. The van der Waals surface area contributed by atoms with E-state index in [0.29, 0.717) is 38.1 Å². The van der Waals surface area contributed by atoms with E-state index >= 15 is 0 Å². The fourth-order valence-corrected chi connectivity index (χ4v) is 5.80. The van der Waals surface area contributed by atoms with E-state index < -0.39 is 72.5 Å². The minimum atomic E-state index is -1.33. The van der Waals surface area contributed by atoms with Crippen LogP contribution in [0.15, 0.2) is 11.8 Å². The number of aliphatic hydroxyl groups is 5. The zero-order chi connectivity index (χ0) is 28.7. The fourth-order valence-electron chi connectivity index (χ4n) is 5.80. The Bertz CT molecular complexity index is 779. The second kappa shape index (κ2) is 14.8. The van der Waals surface area contributed by atoms with Crippen LogP contribution in [0.4, 0.5) is 0 Å². The second-order valence-corrected chi connectivity index (χ2v) is 11.2. The van der Waals surface area contributed by atoms with Crippen molar-refractivity contribution in [3.63, 3.8) is 0 Å². The Hall–Kier alpha value is -0.980. The number of nitrogens with two attached hydrogens (primary N) is 3. The van der Waals surface area contributed by atoms with Gasteiger partial charge in [-0.25, -0.2) is 0 Å². The van der Waals surface area contributed by atoms with Crippen molar-refractivity contribution < 1.29 is 39.7 Å². The summed E-state index contributed by atoms with van der Waals surface area (Å²) >= 11 is 0. The minimum absolute atomic E-state index is 0.0536. The lowest BCUT2D eigenvalue weighted by atomic mass is 9.72. The monoisotopic (exact) mass is 562 g/mol. The van der Waals surface area contributed by atoms with Gasteiger partial charge in [0.2, 0.25) is 0 Å². The molecule has 3 rings (SSSR count). The van der Waals surface area contributed by atoms with E-state index in [1.165, 1.54) is 0 Å². The van der Waals surface area contributed by atoms with Gasteiger partial charge < -0.3 is 72.9 Å². The lowest BCUT2D eigenvalue weighted by molar-refractivity contribution is -0.298. The van der Waals surface area contributed by atoms with E-state index in [4.69, 9.17) is 36.5 Å². The molecule has 1 saturated carbocycles. The smallest absolute Gasteiger partial charge is 0.185 e. The summed E-state index contributed by atoms with van der Waals surface area (Å²) in [4.78, 5) is 0. The van der Waals surface area contributed by atoms with Gasteiger partial charge in [-0.3, -0.25) is 0 Å². The molecule has 1 aliphatic carbocycles. The molecule has 39 heavy (non-hydrogen) atoms. The molecule has 0 aromatic heterocycles. The number of rotatable bonds is 13. The zero-order valence-corrected chi connectivity index (χ0v) is 23.0. The molecule has 0 amide bonds. The van der Waals surface area contributed by atoms with Crippen LogP contribution in [-0.2, 0) is 14.2 Å². The molecule has 1 saturated heterocycles. The van der Waals surface area contributed by atoms with E-state index in [0.717, 1.165) is 0 Å². The molecule has 0 spiro atoms. The van der Waals surface area contributed by atoms with Gasteiger partial charge in [0.25, 0.3) is 0 Å². The van der Waals surface area contributed by atoms with E-state index in [1.54, 1.807) is 14.0 Å². The zero-order valence-electron chi connectivity index (χ0n) is 23.0. The topological polar surface area (TPSA) is 243 Å². The van der Waals surface area contributed by atoms with Crippen LogP contribution in [0.5, 0.6) is 0 Å². The number of hydrogen-bond acceptors (Lipinski definition) is 14. The normalized spacial score (nSPS) is 42.1. The molecule has 0 aromatic carbocycles. The first-order chi connectivity index (χ1) is 18.5. The Morgan fingerprint density at radius 1 is 1.23 bits per heavy atom. The van der Waals surface area contributed by atoms with E-state index in [2.05, 4.69) is 16.0 Å². The Labute approximate surface area is 230 Å².